The van der Waals surface area contributed by atoms with Crippen molar-refractivity contribution in [3.63, 3.8) is 0 Å². The lowest BCUT2D eigenvalue weighted by molar-refractivity contribution is -0.117. The van der Waals surface area contributed by atoms with Crippen molar-refractivity contribution in [2.24, 2.45) is 0 Å². The van der Waals surface area contributed by atoms with Crippen LogP contribution in [0.25, 0.3) is 0 Å². The van der Waals surface area contributed by atoms with Crippen LogP contribution in [0.1, 0.15) is 24.4 Å². The normalized spacial score (nSPS) is 17.7. The van der Waals surface area contributed by atoms with Gasteiger partial charge in [-0.2, -0.15) is 0 Å². The maximum Gasteiger partial charge on any atom is 0.238 e. The zero-order valence-corrected chi connectivity index (χ0v) is 14.4. The molecule has 0 spiro atoms. The standard InChI is InChI=1S/C19H21ClN2O2/c1-24-18-10-9-15(20)12-16(18)21-19(23)13-22-11-5-8-17(22)14-6-3-2-4-7-14/h2-4,6-7,9-10,12,17H,5,8,11,13H2,1H3,(H,21,23). The number of halogens is 1. The monoisotopic (exact) mass is 344 g/mol. The number of amides is 1. The maximum atomic E-state index is 12.5. The Morgan fingerprint density at radius 1 is 1.29 bits per heavy atom. The van der Waals surface area contributed by atoms with Crippen LogP contribution in [0.4, 0.5) is 5.69 Å². The molecule has 3 rings (SSSR count). The summed E-state index contributed by atoms with van der Waals surface area (Å²) in [5.41, 5.74) is 1.87. The summed E-state index contributed by atoms with van der Waals surface area (Å²) >= 11 is 6.01. The fourth-order valence-electron chi connectivity index (χ4n) is 3.22. The summed E-state index contributed by atoms with van der Waals surface area (Å²) in [6.07, 6.45) is 2.19. The Labute approximate surface area is 147 Å². The van der Waals surface area contributed by atoms with Crippen LogP contribution in [-0.4, -0.2) is 31.0 Å². The van der Waals surface area contributed by atoms with Gasteiger partial charge in [0, 0.05) is 11.1 Å². The van der Waals surface area contributed by atoms with Crippen LogP contribution in [0.3, 0.4) is 0 Å². The molecule has 24 heavy (non-hydrogen) atoms. The highest BCUT2D eigenvalue weighted by molar-refractivity contribution is 6.31. The summed E-state index contributed by atoms with van der Waals surface area (Å²) in [5, 5.41) is 3.48. The highest BCUT2D eigenvalue weighted by Gasteiger charge is 2.27. The molecule has 1 aliphatic rings. The first-order valence-corrected chi connectivity index (χ1v) is 8.47. The van der Waals surface area contributed by atoms with E-state index in [2.05, 4.69) is 22.3 Å². The maximum absolute atomic E-state index is 12.5. The molecule has 1 aliphatic heterocycles. The first-order valence-electron chi connectivity index (χ1n) is 8.10. The van der Waals surface area contributed by atoms with Crippen molar-refractivity contribution in [2.75, 3.05) is 25.5 Å². The van der Waals surface area contributed by atoms with Crippen molar-refractivity contribution >= 4 is 23.2 Å². The third kappa shape index (κ3) is 3.89. The highest BCUT2D eigenvalue weighted by Crippen LogP contribution is 2.32. The Morgan fingerprint density at radius 3 is 2.83 bits per heavy atom. The number of carbonyl (C=O) groups is 1. The molecule has 1 heterocycles. The number of benzene rings is 2. The number of rotatable bonds is 5. The van der Waals surface area contributed by atoms with Crippen LogP contribution in [0, 0.1) is 0 Å². The molecular weight excluding hydrogens is 324 g/mol. The molecule has 1 atom stereocenters. The van der Waals surface area contributed by atoms with E-state index in [1.165, 1.54) is 5.56 Å². The zero-order valence-electron chi connectivity index (χ0n) is 13.7. The van der Waals surface area contributed by atoms with E-state index in [1.54, 1.807) is 25.3 Å². The molecule has 2 aromatic rings. The molecule has 0 aromatic heterocycles. The summed E-state index contributed by atoms with van der Waals surface area (Å²) in [6.45, 7) is 1.29. The van der Waals surface area contributed by atoms with Gasteiger partial charge in [-0.05, 0) is 43.1 Å². The lowest BCUT2D eigenvalue weighted by atomic mass is 10.0. The Hall–Kier alpha value is -2.04. The van der Waals surface area contributed by atoms with Crippen molar-refractivity contribution in [3.05, 3.63) is 59.1 Å². The Balaban J connectivity index is 1.67. The molecule has 0 saturated carbocycles. The average Bonchev–Trinajstić information content (AvgIpc) is 3.04. The van der Waals surface area contributed by atoms with Gasteiger partial charge in [-0.15, -0.1) is 0 Å². The second-order valence-corrected chi connectivity index (χ2v) is 6.37. The number of carbonyl (C=O) groups excluding carboxylic acids is 1. The molecular formula is C19H21ClN2O2. The van der Waals surface area contributed by atoms with Crippen LogP contribution in [-0.2, 0) is 4.79 Å². The van der Waals surface area contributed by atoms with Gasteiger partial charge in [0.1, 0.15) is 5.75 Å². The topological polar surface area (TPSA) is 41.6 Å². The molecule has 0 aliphatic carbocycles. The van der Waals surface area contributed by atoms with E-state index in [1.807, 2.05) is 18.2 Å². The van der Waals surface area contributed by atoms with E-state index in [9.17, 15) is 4.79 Å². The van der Waals surface area contributed by atoms with Crippen molar-refractivity contribution < 1.29 is 9.53 Å². The van der Waals surface area contributed by atoms with Crippen molar-refractivity contribution in [1.82, 2.24) is 4.90 Å². The van der Waals surface area contributed by atoms with E-state index in [0.29, 0.717) is 29.0 Å². The SMILES string of the molecule is COc1ccc(Cl)cc1NC(=O)CN1CCCC1c1ccccc1. The highest BCUT2D eigenvalue weighted by atomic mass is 35.5. The number of nitrogens with one attached hydrogen (secondary N) is 1. The largest absolute Gasteiger partial charge is 0.495 e. The van der Waals surface area contributed by atoms with E-state index in [4.69, 9.17) is 16.3 Å². The minimum absolute atomic E-state index is 0.0570. The number of ether oxygens (including phenoxy) is 1. The minimum Gasteiger partial charge on any atom is -0.495 e. The first-order chi connectivity index (χ1) is 11.7. The molecule has 2 aromatic carbocycles. The van der Waals surface area contributed by atoms with Crippen LogP contribution in [0.2, 0.25) is 5.02 Å². The molecule has 5 heteroatoms. The predicted molar refractivity (Wildman–Crippen MR) is 96.6 cm³/mol. The molecule has 1 unspecified atom stereocenters. The Kier molecular flexibility index (Phi) is 5.38. The number of hydrogen-bond acceptors (Lipinski definition) is 3. The smallest absolute Gasteiger partial charge is 0.238 e. The number of hydrogen-bond donors (Lipinski definition) is 1. The third-order valence-electron chi connectivity index (χ3n) is 4.33. The van der Waals surface area contributed by atoms with Gasteiger partial charge >= 0.3 is 0 Å². The number of likely N-dealkylation sites (tertiary alicyclic amines) is 1. The fraction of sp³-hybridized carbons (Fsp3) is 0.316. The lowest BCUT2D eigenvalue weighted by Crippen LogP contribution is -2.33. The zero-order chi connectivity index (χ0) is 16.9. The van der Waals surface area contributed by atoms with Gasteiger partial charge in [0.05, 0.1) is 19.3 Å². The van der Waals surface area contributed by atoms with Gasteiger partial charge in [-0.3, -0.25) is 9.69 Å². The summed E-state index contributed by atoms with van der Waals surface area (Å²) in [4.78, 5) is 14.7. The molecule has 0 radical (unpaired) electrons. The predicted octanol–water partition coefficient (Wildman–Crippen LogP) is 4.12. The number of methoxy groups -OCH3 is 1. The molecule has 1 N–H and O–H groups in total. The van der Waals surface area contributed by atoms with E-state index in [-0.39, 0.29) is 5.91 Å². The summed E-state index contributed by atoms with van der Waals surface area (Å²) in [6, 6.07) is 15.9. The van der Waals surface area contributed by atoms with E-state index < -0.39 is 0 Å². The Bertz CT molecular complexity index is 706. The van der Waals surface area contributed by atoms with Crippen LogP contribution < -0.4 is 10.1 Å². The van der Waals surface area contributed by atoms with Gasteiger partial charge in [0.25, 0.3) is 0 Å². The van der Waals surface area contributed by atoms with Gasteiger partial charge in [0.2, 0.25) is 5.91 Å². The van der Waals surface area contributed by atoms with Gasteiger partial charge in [0.15, 0.2) is 0 Å². The second-order valence-electron chi connectivity index (χ2n) is 5.93. The molecule has 1 fully saturated rings. The minimum atomic E-state index is -0.0570. The van der Waals surface area contributed by atoms with Crippen LogP contribution in [0.15, 0.2) is 48.5 Å². The first kappa shape index (κ1) is 16.8. The van der Waals surface area contributed by atoms with E-state index >= 15 is 0 Å². The molecule has 1 amide bonds. The van der Waals surface area contributed by atoms with Crippen molar-refractivity contribution in [1.29, 1.82) is 0 Å². The fourth-order valence-corrected chi connectivity index (χ4v) is 3.39. The summed E-state index contributed by atoms with van der Waals surface area (Å²) in [7, 11) is 1.57. The number of nitrogens with zero attached hydrogens (tertiary/aromatic N) is 1. The van der Waals surface area contributed by atoms with Gasteiger partial charge in [-0.1, -0.05) is 41.9 Å². The number of anilines is 1. The van der Waals surface area contributed by atoms with Gasteiger partial charge in [-0.25, -0.2) is 0 Å². The van der Waals surface area contributed by atoms with Gasteiger partial charge < -0.3 is 10.1 Å². The molecule has 0 bridgehead atoms. The van der Waals surface area contributed by atoms with E-state index in [0.717, 1.165) is 19.4 Å². The van der Waals surface area contributed by atoms with Crippen LogP contribution in [0.5, 0.6) is 5.75 Å². The summed E-state index contributed by atoms with van der Waals surface area (Å²) in [5.74, 6) is 0.548. The molecule has 126 valence electrons. The van der Waals surface area contributed by atoms with Crippen LogP contribution >= 0.6 is 11.6 Å². The average molecular weight is 345 g/mol. The molecule has 1 saturated heterocycles. The third-order valence-corrected chi connectivity index (χ3v) is 4.57. The summed E-state index contributed by atoms with van der Waals surface area (Å²) < 4.78 is 5.27. The van der Waals surface area contributed by atoms with Crippen molar-refractivity contribution in [2.45, 2.75) is 18.9 Å². The molecule has 4 nitrogen and oxygen atoms in total. The second kappa shape index (κ2) is 7.69. The Morgan fingerprint density at radius 2 is 2.08 bits per heavy atom. The lowest BCUT2D eigenvalue weighted by Gasteiger charge is -2.24. The van der Waals surface area contributed by atoms with Crippen molar-refractivity contribution in [3.8, 4) is 5.75 Å². The quantitative estimate of drug-likeness (QED) is 0.887.